The number of aliphatic hydroxyl groups excluding tert-OH is 2. The Kier molecular flexibility index (Phi) is 16.4. The summed E-state index contributed by atoms with van der Waals surface area (Å²) in [6, 6.07) is 15.7. The summed E-state index contributed by atoms with van der Waals surface area (Å²) in [5, 5.41) is 24.2. The molecular weight excluding hydrogens is 728 g/mol. The second kappa shape index (κ2) is 21.2. The van der Waals surface area contributed by atoms with Gasteiger partial charge in [0.2, 0.25) is 5.79 Å². The van der Waals surface area contributed by atoms with E-state index in [-0.39, 0.29) is 50.1 Å². The van der Waals surface area contributed by atoms with Crippen LogP contribution in [-0.2, 0) is 14.3 Å². The minimum absolute atomic E-state index is 0.0723. The minimum Gasteiger partial charge on any atom is -0.493 e. The van der Waals surface area contributed by atoms with Crippen LogP contribution in [-0.4, -0.2) is 97.1 Å². The lowest BCUT2D eigenvalue weighted by Gasteiger charge is -2.59. The number of hydrogen-bond donors (Lipinski definition) is 2. The number of allylic oxidation sites excluding steroid dienone is 1. The Bertz CT molecular complexity index is 1560. The normalized spacial score (nSPS) is 24.8. The summed E-state index contributed by atoms with van der Waals surface area (Å²) in [7, 11) is 1.54. The van der Waals surface area contributed by atoms with Gasteiger partial charge in [-0.1, -0.05) is 55.3 Å². The number of nitrogens with zero attached hydrogens (tertiary/aromatic N) is 2. The van der Waals surface area contributed by atoms with Crippen molar-refractivity contribution in [2.45, 2.75) is 80.9 Å². The molecule has 0 aromatic heterocycles. The molecule has 6 atom stereocenters. The fraction of sp³-hybridized carbons (Fsp3) is 0.571. The van der Waals surface area contributed by atoms with E-state index in [0.717, 1.165) is 54.0 Å². The molecular formula is C42H57ClN2O8S. The number of amides is 1. The van der Waals surface area contributed by atoms with Gasteiger partial charge in [0.1, 0.15) is 31.3 Å². The van der Waals surface area contributed by atoms with E-state index in [4.69, 9.17) is 35.4 Å². The van der Waals surface area contributed by atoms with Crippen molar-refractivity contribution < 1.29 is 38.8 Å². The van der Waals surface area contributed by atoms with Gasteiger partial charge in [0.25, 0.3) is 0 Å². The van der Waals surface area contributed by atoms with E-state index < -0.39 is 23.8 Å². The second-order valence-electron chi connectivity index (χ2n) is 14.0. The van der Waals surface area contributed by atoms with E-state index in [1.54, 1.807) is 29.8 Å². The Morgan fingerprint density at radius 2 is 1.89 bits per heavy atom. The molecule has 1 amide bonds. The molecule has 2 aromatic rings. The number of aliphatic hydroxyl groups is 2. The van der Waals surface area contributed by atoms with Crippen molar-refractivity contribution in [1.29, 1.82) is 0 Å². The highest BCUT2D eigenvalue weighted by Crippen LogP contribution is 2.62. The van der Waals surface area contributed by atoms with Gasteiger partial charge in [-0.15, -0.1) is 29.9 Å². The van der Waals surface area contributed by atoms with Crippen LogP contribution in [0.15, 0.2) is 82.9 Å². The molecule has 2 aliphatic carbocycles. The average Bonchev–Trinajstić information content (AvgIpc) is 3.19. The molecule has 0 saturated heterocycles. The van der Waals surface area contributed by atoms with E-state index in [1.807, 2.05) is 37.3 Å². The van der Waals surface area contributed by atoms with Crippen LogP contribution in [0.3, 0.4) is 0 Å². The predicted octanol–water partition coefficient (Wildman–Crippen LogP) is 8.21. The first kappa shape index (κ1) is 41.9. The Morgan fingerprint density at radius 1 is 1.11 bits per heavy atom. The molecule has 0 spiro atoms. The van der Waals surface area contributed by atoms with Gasteiger partial charge in [0, 0.05) is 48.3 Å². The first-order valence-corrected chi connectivity index (χ1v) is 20.9. The summed E-state index contributed by atoms with van der Waals surface area (Å²) >= 11 is 7.72. The quantitative estimate of drug-likeness (QED) is 0.0401. The number of thioether (sulfide) groups is 1. The van der Waals surface area contributed by atoms with Gasteiger partial charge in [-0.3, -0.25) is 4.90 Å². The number of alkyl halides is 1. The molecule has 0 bridgehead atoms. The number of rotatable bonds is 22. The molecule has 1 aliphatic heterocycles. The summed E-state index contributed by atoms with van der Waals surface area (Å²) in [5.41, 5.74) is 2.73. The van der Waals surface area contributed by atoms with E-state index >= 15 is 0 Å². The van der Waals surface area contributed by atoms with E-state index in [0.29, 0.717) is 44.6 Å². The number of fused-ring (bicyclic) bond motifs is 2. The van der Waals surface area contributed by atoms with Crippen molar-refractivity contribution in [3.8, 4) is 11.5 Å². The first-order valence-electron chi connectivity index (χ1n) is 19.4. The Hall–Kier alpha value is -3.22. The van der Waals surface area contributed by atoms with Gasteiger partial charge in [-0.05, 0) is 79.8 Å². The maximum atomic E-state index is 13.9. The highest BCUT2D eigenvalue weighted by molar-refractivity contribution is 7.99. The number of ether oxygens (including phenoxy) is 4. The third-order valence-electron chi connectivity index (χ3n) is 10.6. The van der Waals surface area contributed by atoms with E-state index in [1.165, 1.54) is 4.90 Å². The van der Waals surface area contributed by atoms with Crippen LogP contribution in [0.5, 0.6) is 11.5 Å². The molecule has 1 saturated carbocycles. The lowest BCUT2D eigenvalue weighted by atomic mass is 9.55. The van der Waals surface area contributed by atoms with E-state index in [2.05, 4.69) is 36.0 Å². The zero-order valence-electron chi connectivity index (χ0n) is 31.7. The zero-order valence-corrected chi connectivity index (χ0v) is 33.3. The molecule has 10 nitrogen and oxygen atoms in total. The molecule has 2 N–H and O–H groups in total. The number of carbonyl (C=O) groups excluding carboxylic acids is 1. The largest absolute Gasteiger partial charge is 0.493 e. The number of benzene rings is 2. The number of halogens is 1. The predicted molar refractivity (Wildman–Crippen MR) is 214 cm³/mol. The highest BCUT2D eigenvalue weighted by Gasteiger charge is 2.65. The highest BCUT2D eigenvalue weighted by atomic mass is 35.5. The zero-order chi connectivity index (χ0) is 38.3. The first-order chi connectivity index (χ1) is 26.5. The van der Waals surface area contributed by atoms with Gasteiger partial charge >= 0.3 is 6.09 Å². The summed E-state index contributed by atoms with van der Waals surface area (Å²) < 4.78 is 26.2. The molecule has 3 aliphatic rings. The average molecular weight is 785 g/mol. The fourth-order valence-electron chi connectivity index (χ4n) is 8.51. The molecule has 2 aromatic carbocycles. The van der Waals surface area contributed by atoms with Crippen molar-refractivity contribution >= 4 is 35.2 Å². The molecule has 6 unspecified atom stereocenters. The van der Waals surface area contributed by atoms with Gasteiger partial charge in [-0.25, -0.2) is 4.79 Å². The summed E-state index contributed by atoms with van der Waals surface area (Å²) in [5.74, 6) is 0.791. The van der Waals surface area contributed by atoms with Gasteiger partial charge in [0.15, 0.2) is 0 Å². The fourth-order valence-corrected chi connectivity index (χ4v) is 9.34. The number of oxime groups is 1. The van der Waals surface area contributed by atoms with Crippen molar-refractivity contribution in [3.63, 3.8) is 0 Å². The Labute approximate surface area is 329 Å². The maximum Gasteiger partial charge on any atom is 0.410 e. The molecule has 54 heavy (non-hydrogen) atoms. The van der Waals surface area contributed by atoms with Crippen molar-refractivity contribution in [2.75, 3.05) is 58.3 Å². The lowest BCUT2D eigenvalue weighted by Crippen LogP contribution is -2.70. The van der Waals surface area contributed by atoms with Crippen LogP contribution in [0.25, 0.3) is 0 Å². The summed E-state index contributed by atoms with van der Waals surface area (Å²) in [4.78, 5) is 22.3. The standard InChI is InChI=1S/C42H57ClN2O8S/c1-4-20-45(41(48)51-24-19-43)38-29-36(44-49-3)34-27-30(13-9-11-21-46)33(16-10-12-22-47)39-35-28-31(50-25-26-54-32-14-7-6-8-15-32)17-18-37(35)53-42(38,40(34)39)52-23-5-2/h5-8,14-15,17-18,27-28,30,33,38-40,46-47H,2,4,9-13,16,19-26,29H2,1,3H3. The Morgan fingerprint density at radius 3 is 2.59 bits per heavy atom. The SMILES string of the molecule is C=CCOC12Oc3ccc(OCCSc4ccccc4)cc3C3C(CCCCO)C(CCCCO)C=C(C(=NOC)CC1N(CCC)C(=O)OCCCl)C32. The van der Waals surface area contributed by atoms with Crippen molar-refractivity contribution in [1.82, 2.24) is 4.90 Å². The van der Waals surface area contributed by atoms with Crippen LogP contribution in [0, 0.1) is 17.8 Å². The smallest absolute Gasteiger partial charge is 0.410 e. The number of carbonyl (C=O) groups is 1. The topological polar surface area (TPSA) is 119 Å². The summed E-state index contributed by atoms with van der Waals surface area (Å²) in [6.45, 7) is 7.44. The molecule has 1 heterocycles. The molecule has 5 rings (SSSR count). The molecule has 12 heteroatoms. The van der Waals surface area contributed by atoms with Crippen LogP contribution in [0.4, 0.5) is 4.79 Å². The third-order valence-corrected chi connectivity index (χ3v) is 11.7. The van der Waals surface area contributed by atoms with Crippen LogP contribution >= 0.6 is 23.4 Å². The second-order valence-corrected chi connectivity index (χ2v) is 15.5. The Balaban J connectivity index is 1.66. The van der Waals surface area contributed by atoms with Crippen molar-refractivity contribution in [3.05, 3.63) is 78.4 Å². The monoisotopic (exact) mass is 784 g/mol. The molecule has 296 valence electrons. The van der Waals surface area contributed by atoms with Crippen LogP contribution in [0.1, 0.15) is 69.8 Å². The van der Waals surface area contributed by atoms with Gasteiger partial charge in [0.05, 0.1) is 30.7 Å². The number of unbranched alkanes of at least 4 members (excludes halogenated alkanes) is 2. The van der Waals surface area contributed by atoms with Crippen molar-refractivity contribution in [2.24, 2.45) is 22.9 Å². The molecule has 0 radical (unpaired) electrons. The summed E-state index contributed by atoms with van der Waals surface area (Å²) in [6.07, 6.45) is 9.34. The maximum absolute atomic E-state index is 13.9. The number of hydrogen-bond acceptors (Lipinski definition) is 10. The van der Waals surface area contributed by atoms with Gasteiger partial charge in [-0.2, -0.15) is 0 Å². The third kappa shape index (κ3) is 9.77. The minimum atomic E-state index is -1.33. The van der Waals surface area contributed by atoms with E-state index in [9.17, 15) is 15.0 Å². The molecule has 1 fully saturated rings. The van der Waals surface area contributed by atoms with Crippen LogP contribution in [0.2, 0.25) is 0 Å². The lowest BCUT2D eigenvalue weighted by molar-refractivity contribution is -0.255. The van der Waals surface area contributed by atoms with Crippen LogP contribution < -0.4 is 9.47 Å². The van der Waals surface area contributed by atoms with Gasteiger partial charge < -0.3 is 34.0 Å².